The lowest BCUT2D eigenvalue weighted by atomic mass is 10.2. The SMILES string of the molecule is Cc1nn(-c2ccccc2)c(Cl)c1C(=O)OC(C)C(=O)Nc1cccc([N+](=O)[O-])c1. The molecule has 1 heterocycles. The molecule has 3 aromatic rings. The smallest absolute Gasteiger partial charge is 0.344 e. The Hall–Kier alpha value is -3.72. The molecule has 0 spiro atoms. The standard InChI is InChI=1S/C20H17ClN4O5/c1-12-17(18(21)24(23-12)15-8-4-3-5-9-15)20(27)30-13(2)19(26)22-14-7-6-10-16(11-14)25(28)29/h3-11,13H,1-2H3,(H,22,26). The van der Waals surface area contributed by atoms with Gasteiger partial charge in [0.25, 0.3) is 11.6 Å². The van der Waals surface area contributed by atoms with Crippen LogP contribution in [0.1, 0.15) is 23.0 Å². The summed E-state index contributed by atoms with van der Waals surface area (Å²) in [6.45, 7) is 2.99. The fourth-order valence-corrected chi connectivity index (χ4v) is 3.03. The van der Waals surface area contributed by atoms with Crippen LogP contribution in [-0.4, -0.2) is 32.7 Å². The highest BCUT2D eigenvalue weighted by Gasteiger charge is 2.26. The fraction of sp³-hybridized carbons (Fsp3) is 0.150. The Labute approximate surface area is 176 Å². The number of halogens is 1. The number of rotatable bonds is 6. The summed E-state index contributed by atoms with van der Waals surface area (Å²) in [7, 11) is 0. The number of amides is 1. The highest BCUT2D eigenvalue weighted by Crippen LogP contribution is 2.25. The second-order valence-electron chi connectivity index (χ2n) is 6.34. The molecule has 1 N–H and O–H groups in total. The average Bonchev–Trinajstić information content (AvgIpc) is 3.02. The van der Waals surface area contributed by atoms with E-state index >= 15 is 0 Å². The Morgan fingerprint density at radius 2 is 1.90 bits per heavy atom. The van der Waals surface area contributed by atoms with Crippen LogP contribution in [0.2, 0.25) is 5.15 Å². The minimum Gasteiger partial charge on any atom is -0.449 e. The van der Waals surface area contributed by atoms with Gasteiger partial charge in [0.2, 0.25) is 0 Å². The Bertz CT molecular complexity index is 1110. The molecule has 0 aliphatic heterocycles. The van der Waals surface area contributed by atoms with Crippen LogP contribution in [0.5, 0.6) is 0 Å². The molecule has 0 fully saturated rings. The van der Waals surface area contributed by atoms with Gasteiger partial charge in [0.15, 0.2) is 6.10 Å². The highest BCUT2D eigenvalue weighted by atomic mass is 35.5. The fourth-order valence-electron chi connectivity index (χ4n) is 2.69. The lowest BCUT2D eigenvalue weighted by molar-refractivity contribution is -0.384. The quantitative estimate of drug-likeness (QED) is 0.361. The van der Waals surface area contributed by atoms with Crippen LogP contribution < -0.4 is 5.32 Å². The van der Waals surface area contributed by atoms with Crippen LogP contribution in [-0.2, 0) is 9.53 Å². The number of nitro groups is 1. The molecule has 0 radical (unpaired) electrons. The normalized spacial score (nSPS) is 11.6. The van der Waals surface area contributed by atoms with Crippen LogP contribution >= 0.6 is 11.6 Å². The number of hydrogen-bond acceptors (Lipinski definition) is 6. The minimum atomic E-state index is -1.17. The molecular weight excluding hydrogens is 412 g/mol. The molecule has 0 aliphatic rings. The third kappa shape index (κ3) is 4.47. The lowest BCUT2D eigenvalue weighted by Gasteiger charge is -2.13. The molecule has 2 aromatic carbocycles. The molecule has 10 heteroatoms. The molecule has 30 heavy (non-hydrogen) atoms. The Morgan fingerprint density at radius 1 is 1.20 bits per heavy atom. The van der Waals surface area contributed by atoms with Crippen molar-refractivity contribution >= 4 is 34.9 Å². The van der Waals surface area contributed by atoms with E-state index in [1.54, 1.807) is 31.2 Å². The summed E-state index contributed by atoms with van der Waals surface area (Å²) in [5.41, 5.74) is 1.10. The van der Waals surface area contributed by atoms with Crippen molar-refractivity contribution in [2.24, 2.45) is 0 Å². The van der Waals surface area contributed by atoms with E-state index < -0.39 is 22.9 Å². The molecule has 0 saturated heterocycles. The van der Waals surface area contributed by atoms with Gasteiger partial charge >= 0.3 is 5.97 Å². The third-order valence-electron chi connectivity index (χ3n) is 4.19. The average molecular weight is 429 g/mol. The summed E-state index contributed by atoms with van der Waals surface area (Å²) < 4.78 is 6.64. The molecule has 1 aromatic heterocycles. The number of para-hydroxylation sites is 1. The van der Waals surface area contributed by atoms with E-state index in [1.807, 2.05) is 6.07 Å². The van der Waals surface area contributed by atoms with Crippen molar-refractivity contribution in [3.63, 3.8) is 0 Å². The number of nitrogens with zero attached hydrogens (tertiary/aromatic N) is 3. The minimum absolute atomic E-state index is 0.0514. The van der Waals surface area contributed by atoms with E-state index in [-0.39, 0.29) is 22.1 Å². The van der Waals surface area contributed by atoms with Gasteiger partial charge in [-0.2, -0.15) is 5.10 Å². The zero-order valence-electron chi connectivity index (χ0n) is 16.0. The molecule has 0 aliphatic carbocycles. The van der Waals surface area contributed by atoms with Crippen LogP contribution in [0, 0.1) is 17.0 Å². The van der Waals surface area contributed by atoms with E-state index in [4.69, 9.17) is 16.3 Å². The van der Waals surface area contributed by atoms with Gasteiger partial charge in [0.1, 0.15) is 10.7 Å². The van der Waals surface area contributed by atoms with Gasteiger partial charge in [-0.15, -0.1) is 0 Å². The Balaban J connectivity index is 1.73. The number of nitro benzene ring substituents is 1. The van der Waals surface area contributed by atoms with Crippen molar-refractivity contribution in [3.8, 4) is 5.69 Å². The molecule has 154 valence electrons. The van der Waals surface area contributed by atoms with Gasteiger partial charge in [-0.1, -0.05) is 35.9 Å². The van der Waals surface area contributed by atoms with Crippen molar-refractivity contribution in [1.82, 2.24) is 9.78 Å². The second-order valence-corrected chi connectivity index (χ2v) is 6.70. The summed E-state index contributed by atoms with van der Waals surface area (Å²) >= 11 is 6.33. The Kier molecular flexibility index (Phi) is 6.12. The van der Waals surface area contributed by atoms with Gasteiger partial charge in [0.05, 0.1) is 16.3 Å². The van der Waals surface area contributed by atoms with Crippen molar-refractivity contribution < 1.29 is 19.2 Å². The van der Waals surface area contributed by atoms with Crippen LogP contribution in [0.4, 0.5) is 11.4 Å². The number of benzene rings is 2. The predicted octanol–water partition coefficient (Wildman–Crippen LogP) is 3.93. The lowest BCUT2D eigenvalue weighted by Crippen LogP contribution is -2.30. The predicted molar refractivity (Wildman–Crippen MR) is 110 cm³/mol. The zero-order chi connectivity index (χ0) is 21.8. The first kappa shape index (κ1) is 21.0. The van der Waals surface area contributed by atoms with E-state index in [0.29, 0.717) is 11.4 Å². The van der Waals surface area contributed by atoms with Crippen molar-refractivity contribution in [1.29, 1.82) is 0 Å². The van der Waals surface area contributed by atoms with E-state index in [9.17, 15) is 19.7 Å². The largest absolute Gasteiger partial charge is 0.449 e. The number of aryl methyl sites for hydroxylation is 1. The number of aromatic nitrogens is 2. The molecule has 1 atom stereocenters. The number of esters is 1. The first-order valence-corrected chi connectivity index (χ1v) is 9.22. The van der Waals surface area contributed by atoms with Gasteiger partial charge in [-0.05, 0) is 32.0 Å². The summed E-state index contributed by atoms with van der Waals surface area (Å²) in [5, 5.41) is 17.7. The number of carbonyl (C=O) groups excluding carboxylic acids is 2. The molecule has 0 bridgehead atoms. The van der Waals surface area contributed by atoms with Gasteiger partial charge in [-0.25, -0.2) is 9.48 Å². The zero-order valence-corrected chi connectivity index (χ0v) is 16.8. The molecule has 1 unspecified atom stereocenters. The van der Waals surface area contributed by atoms with E-state index in [2.05, 4.69) is 10.4 Å². The summed E-state index contributed by atoms with van der Waals surface area (Å²) in [6, 6.07) is 14.4. The maximum atomic E-state index is 12.6. The van der Waals surface area contributed by atoms with E-state index in [1.165, 1.54) is 35.9 Å². The van der Waals surface area contributed by atoms with Crippen LogP contribution in [0.25, 0.3) is 5.69 Å². The van der Waals surface area contributed by atoms with E-state index in [0.717, 1.165) is 0 Å². The molecule has 1 amide bonds. The van der Waals surface area contributed by atoms with Gasteiger partial charge in [0, 0.05) is 17.8 Å². The molecule has 0 saturated carbocycles. The molecule has 3 rings (SSSR count). The van der Waals surface area contributed by atoms with Crippen LogP contribution in [0.15, 0.2) is 54.6 Å². The molecule has 9 nitrogen and oxygen atoms in total. The topological polar surface area (TPSA) is 116 Å². The summed E-state index contributed by atoms with van der Waals surface area (Å²) in [4.78, 5) is 35.2. The maximum absolute atomic E-state index is 12.6. The first-order valence-electron chi connectivity index (χ1n) is 8.84. The number of hydrogen-bond donors (Lipinski definition) is 1. The van der Waals surface area contributed by atoms with Crippen molar-refractivity contribution in [3.05, 3.63) is 81.1 Å². The number of nitrogens with one attached hydrogen (secondary N) is 1. The van der Waals surface area contributed by atoms with Crippen molar-refractivity contribution in [2.45, 2.75) is 20.0 Å². The van der Waals surface area contributed by atoms with Gasteiger partial charge in [-0.3, -0.25) is 14.9 Å². The first-order chi connectivity index (χ1) is 14.3. The summed E-state index contributed by atoms with van der Waals surface area (Å²) in [5.74, 6) is -1.45. The van der Waals surface area contributed by atoms with Gasteiger partial charge < -0.3 is 10.1 Å². The van der Waals surface area contributed by atoms with Crippen molar-refractivity contribution in [2.75, 3.05) is 5.32 Å². The molecular formula is C20H17ClN4O5. The Morgan fingerprint density at radius 3 is 2.57 bits per heavy atom. The third-order valence-corrected chi connectivity index (χ3v) is 4.54. The monoisotopic (exact) mass is 428 g/mol. The number of ether oxygens (including phenoxy) is 1. The number of non-ortho nitro benzene ring substituents is 1. The number of carbonyl (C=O) groups is 2. The summed E-state index contributed by atoms with van der Waals surface area (Å²) in [6.07, 6.45) is -1.17. The number of anilines is 1. The van der Waals surface area contributed by atoms with Crippen LogP contribution in [0.3, 0.4) is 0 Å². The second kappa shape index (κ2) is 8.75. The maximum Gasteiger partial charge on any atom is 0.344 e. The highest BCUT2D eigenvalue weighted by molar-refractivity contribution is 6.33.